The Balaban J connectivity index is 1.58. The van der Waals surface area contributed by atoms with Crippen LogP contribution >= 0.6 is 0 Å². The molecule has 38 heavy (non-hydrogen) atoms. The second kappa shape index (κ2) is 8.01. The molecule has 7 nitrogen and oxygen atoms in total. The lowest BCUT2D eigenvalue weighted by molar-refractivity contribution is -0.137. The number of carbonyl (C=O) groups is 3. The normalized spacial score (nSPS) is 28.8. The minimum atomic E-state index is -1.45. The number of hydrogen-bond donors (Lipinski definition) is 2. The molecule has 0 aliphatic carbocycles. The van der Waals surface area contributed by atoms with E-state index < -0.39 is 16.9 Å². The van der Waals surface area contributed by atoms with Crippen LogP contribution in [-0.4, -0.2) is 41.7 Å². The summed E-state index contributed by atoms with van der Waals surface area (Å²) in [7, 11) is 0. The van der Waals surface area contributed by atoms with Gasteiger partial charge in [0, 0.05) is 23.0 Å². The molecule has 7 rings (SSSR count). The molecular weight excluding hydrogens is 478 g/mol. The zero-order chi connectivity index (χ0) is 26.2. The molecule has 2 amide bonds. The standard InChI is InChI=1S/C31H29N3O4/c1-3-38-25-13-7-4-9-19(25)27(35)26-24-12-8-16-34(24)31(21-17-18(2)14-15-23(21)33-29(31)37)30(26)20-10-5-6-11-22(20)32-28(30)36/h4-7,9-11,13-15,17,24,26H,3,8,12,16H2,1-2H3,(H,32,36)(H,33,37)/t24-,26-,30-,31+/m0/s1. The average Bonchev–Trinajstić information content (AvgIpc) is 3.63. The first-order valence-electron chi connectivity index (χ1n) is 13.3. The van der Waals surface area contributed by atoms with Crippen LogP contribution in [0.4, 0.5) is 11.4 Å². The second-order valence-electron chi connectivity index (χ2n) is 10.7. The molecule has 0 unspecified atom stereocenters. The van der Waals surface area contributed by atoms with Gasteiger partial charge < -0.3 is 15.4 Å². The number of nitrogens with zero attached hydrogens (tertiary/aromatic N) is 1. The molecule has 0 aromatic heterocycles. The second-order valence-corrected chi connectivity index (χ2v) is 10.7. The molecule has 0 radical (unpaired) electrons. The summed E-state index contributed by atoms with van der Waals surface area (Å²) in [6.45, 7) is 4.91. The molecule has 0 saturated carbocycles. The van der Waals surface area contributed by atoms with Crippen molar-refractivity contribution in [2.24, 2.45) is 5.92 Å². The molecule has 2 fully saturated rings. The van der Waals surface area contributed by atoms with Crippen LogP contribution in [0.5, 0.6) is 5.75 Å². The van der Waals surface area contributed by atoms with Gasteiger partial charge in [-0.15, -0.1) is 0 Å². The molecule has 2 saturated heterocycles. The Bertz CT molecular complexity index is 1530. The number of benzene rings is 3. The van der Waals surface area contributed by atoms with Crippen LogP contribution in [0.1, 0.15) is 46.8 Å². The lowest BCUT2D eigenvalue weighted by Crippen LogP contribution is -2.62. The molecule has 192 valence electrons. The first kappa shape index (κ1) is 23.2. The summed E-state index contributed by atoms with van der Waals surface area (Å²) in [4.78, 5) is 46.0. The number of nitrogens with one attached hydrogen (secondary N) is 2. The van der Waals surface area contributed by atoms with E-state index in [2.05, 4.69) is 15.5 Å². The van der Waals surface area contributed by atoms with Crippen molar-refractivity contribution in [3.8, 4) is 5.75 Å². The van der Waals surface area contributed by atoms with Crippen LogP contribution in [0.3, 0.4) is 0 Å². The van der Waals surface area contributed by atoms with Gasteiger partial charge in [-0.3, -0.25) is 19.3 Å². The third kappa shape index (κ3) is 2.59. The number of aryl methyl sites for hydroxylation is 1. The number of ether oxygens (including phenoxy) is 1. The van der Waals surface area contributed by atoms with Gasteiger partial charge in [0.15, 0.2) is 5.78 Å². The number of carbonyl (C=O) groups excluding carboxylic acids is 3. The molecule has 2 spiro atoms. The smallest absolute Gasteiger partial charge is 0.251 e. The third-order valence-electron chi connectivity index (χ3n) is 8.99. The van der Waals surface area contributed by atoms with Crippen LogP contribution in [0.25, 0.3) is 0 Å². The van der Waals surface area contributed by atoms with Crippen molar-refractivity contribution >= 4 is 29.0 Å². The zero-order valence-electron chi connectivity index (χ0n) is 21.4. The summed E-state index contributed by atoms with van der Waals surface area (Å²) in [5, 5.41) is 6.19. The zero-order valence-corrected chi connectivity index (χ0v) is 21.4. The number of Topliss-reactive ketones (excluding diaryl/α,β-unsaturated/α-hetero) is 1. The lowest BCUT2D eigenvalue weighted by atomic mass is 9.57. The predicted molar refractivity (Wildman–Crippen MR) is 143 cm³/mol. The minimum absolute atomic E-state index is 0.163. The summed E-state index contributed by atoms with van der Waals surface area (Å²) in [6, 6.07) is 20.4. The number of anilines is 2. The molecule has 4 atom stereocenters. The van der Waals surface area contributed by atoms with E-state index in [1.54, 1.807) is 12.1 Å². The van der Waals surface area contributed by atoms with E-state index in [-0.39, 0.29) is 23.6 Å². The molecule has 4 heterocycles. The van der Waals surface area contributed by atoms with Gasteiger partial charge in [-0.2, -0.15) is 0 Å². The van der Waals surface area contributed by atoms with E-state index in [1.165, 1.54) is 0 Å². The first-order valence-corrected chi connectivity index (χ1v) is 13.3. The highest BCUT2D eigenvalue weighted by molar-refractivity contribution is 6.21. The Morgan fingerprint density at radius 3 is 2.55 bits per heavy atom. The first-order chi connectivity index (χ1) is 18.5. The molecular formula is C31H29N3O4. The van der Waals surface area contributed by atoms with Gasteiger partial charge in [-0.1, -0.05) is 48.0 Å². The summed E-state index contributed by atoms with van der Waals surface area (Å²) in [5.41, 5.74) is 1.47. The van der Waals surface area contributed by atoms with Crippen molar-refractivity contribution < 1.29 is 19.1 Å². The maximum atomic E-state index is 14.8. The summed E-state index contributed by atoms with van der Waals surface area (Å²) >= 11 is 0. The van der Waals surface area contributed by atoms with Gasteiger partial charge in [-0.05, 0) is 63.1 Å². The van der Waals surface area contributed by atoms with Crippen LogP contribution in [0.2, 0.25) is 0 Å². The highest BCUT2D eigenvalue weighted by Crippen LogP contribution is 2.68. The van der Waals surface area contributed by atoms with E-state index in [4.69, 9.17) is 4.74 Å². The number of fused-ring (bicyclic) bond motifs is 7. The monoisotopic (exact) mass is 507 g/mol. The maximum Gasteiger partial charge on any atom is 0.251 e. The average molecular weight is 508 g/mol. The van der Waals surface area contributed by atoms with E-state index in [9.17, 15) is 14.4 Å². The molecule has 4 aliphatic rings. The van der Waals surface area contributed by atoms with Crippen molar-refractivity contribution in [2.45, 2.75) is 43.7 Å². The predicted octanol–water partition coefficient (Wildman–Crippen LogP) is 4.41. The summed E-state index contributed by atoms with van der Waals surface area (Å²) < 4.78 is 5.87. The SMILES string of the molecule is CCOc1ccccc1C(=O)[C@@H]1[C@@H]2CCCN2[C@]2(C(=O)Nc3ccc(C)cc32)[C@]12C(=O)Nc1ccccc12. The molecule has 2 N–H and O–H groups in total. The van der Waals surface area contributed by atoms with Crippen molar-refractivity contribution in [3.05, 3.63) is 89.0 Å². The van der Waals surface area contributed by atoms with Crippen molar-refractivity contribution in [1.29, 1.82) is 0 Å². The fourth-order valence-electron chi connectivity index (χ4n) is 7.81. The van der Waals surface area contributed by atoms with E-state index in [0.29, 0.717) is 41.4 Å². The molecule has 3 aromatic rings. The Labute approximate surface area is 221 Å². The van der Waals surface area contributed by atoms with E-state index >= 15 is 0 Å². The highest BCUT2D eigenvalue weighted by atomic mass is 16.5. The van der Waals surface area contributed by atoms with Gasteiger partial charge >= 0.3 is 0 Å². The topological polar surface area (TPSA) is 87.7 Å². The fraction of sp³-hybridized carbons (Fsp3) is 0.323. The van der Waals surface area contributed by atoms with Gasteiger partial charge in [0.05, 0.1) is 18.1 Å². The number of para-hydroxylation sites is 2. The van der Waals surface area contributed by atoms with Crippen molar-refractivity contribution in [3.63, 3.8) is 0 Å². The molecule has 4 aliphatic heterocycles. The van der Waals surface area contributed by atoms with Gasteiger partial charge in [-0.25, -0.2) is 0 Å². The number of amides is 2. The van der Waals surface area contributed by atoms with Gasteiger partial charge in [0.2, 0.25) is 5.91 Å². The van der Waals surface area contributed by atoms with Crippen LogP contribution in [0, 0.1) is 12.8 Å². The van der Waals surface area contributed by atoms with Gasteiger partial charge in [0.25, 0.3) is 5.91 Å². The largest absolute Gasteiger partial charge is 0.493 e. The number of ketones is 1. The van der Waals surface area contributed by atoms with Gasteiger partial charge in [0.1, 0.15) is 16.7 Å². The Morgan fingerprint density at radius 2 is 1.71 bits per heavy atom. The highest BCUT2D eigenvalue weighted by Gasteiger charge is 2.81. The quantitative estimate of drug-likeness (QED) is 0.511. The van der Waals surface area contributed by atoms with Crippen molar-refractivity contribution in [2.75, 3.05) is 23.8 Å². The van der Waals surface area contributed by atoms with E-state index in [0.717, 1.165) is 24.0 Å². The molecule has 0 bridgehead atoms. The molecule has 3 aromatic carbocycles. The fourth-order valence-corrected chi connectivity index (χ4v) is 7.81. The Hall–Kier alpha value is -3.97. The van der Waals surface area contributed by atoms with Crippen LogP contribution in [-0.2, 0) is 20.5 Å². The third-order valence-corrected chi connectivity index (χ3v) is 8.99. The molecule has 7 heteroatoms. The summed E-state index contributed by atoms with van der Waals surface area (Å²) in [5.74, 6) is -0.995. The number of rotatable bonds is 4. The van der Waals surface area contributed by atoms with E-state index in [1.807, 2.05) is 68.4 Å². The maximum absolute atomic E-state index is 14.8. The number of hydrogen-bond acceptors (Lipinski definition) is 5. The minimum Gasteiger partial charge on any atom is -0.493 e. The Kier molecular flexibility index (Phi) is 4.89. The Morgan fingerprint density at radius 1 is 0.974 bits per heavy atom. The van der Waals surface area contributed by atoms with Crippen LogP contribution in [0.15, 0.2) is 66.7 Å². The van der Waals surface area contributed by atoms with Crippen molar-refractivity contribution in [1.82, 2.24) is 4.90 Å². The summed E-state index contributed by atoms with van der Waals surface area (Å²) in [6.07, 6.45) is 1.57. The van der Waals surface area contributed by atoms with Crippen LogP contribution < -0.4 is 15.4 Å². The lowest BCUT2D eigenvalue weighted by Gasteiger charge is -2.43.